The lowest BCUT2D eigenvalue weighted by atomic mass is 9.80. The highest BCUT2D eigenvalue weighted by Gasteiger charge is 2.39. The first-order chi connectivity index (χ1) is 18.6. The molecular formula is C27H37N3O8S. The van der Waals surface area contributed by atoms with E-state index in [2.05, 4.69) is 15.6 Å². The zero-order valence-corrected chi connectivity index (χ0v) is 23.8. The van der Waals surface area contributed by atoms with Crippen LogP contribution >= 0.6 is 0 Å². The van der Waals surface area contributed by atoms with E-state index in [0.29, 0.717) is 39.1 Å². The highest BCUT2D eigenvalue weighted by Crippen LogP contribution is 2.41. The second-order valence-electron chi connectivity index (χ2n) is 9.60. The van der Waals surface area contributed by atoms with Gasteiger partial charge in [-0.1, -0.05) is 50.7 Å². The van der Waals surface area contributed by atoms with Crippen LogP contribution in [0.4, 0.5) is 0 Å². The van der Waals surface area contributed by atoms with Crippen LogP contribution in [0.2, 0.25) is 0 Å². The molecule has 0 bridgehead atoms. The maximum Gasteiger partial charge on any atom is 0.336 e. The van der Waals surface area contributed by atoms with Gasteiger partial charge in [-0.2, -0.15) is 8.42 Å². The van der Waals surface area contributed by atoms with Gasteiger partial charge in [-0.25, -0.2) is 14.2 Å². The molecule has 0 saturated heterocycles. The molecule has 1 atom stereocenters. The molecule has 2 aromatic rings. The number of dihydropyridines is 1. The van der Waals surface area contributed by atoms with Crippen molar-refractivity contribution in [2.45, 2.75) is 71.1 Å². The van der Waals surface area contributed by atoms with Crippen LogP contribution in [0.15, 0.2) is 45.4 Å². The third kappa shape index (κ3) is 8.37. The summed E-state index contributed by atoms with van der Waals surface area (Å²) in [6, 6.07) is 5.31. The Balaban J connectivity index is 1.54. The van der Waals surface area contributed by atoms with Gasteiger partial charge in [-0.15, -0.1) is 0 Å². The van der Waals surface area contributed by atoms with Crippen molar-refractivity contribution < 1.29 is 36.3 Å². The van der Waals surface area contributed by atoms with Crippen LogP contribution in [-0.2, 0) is 33.4 Å². The molecule has 3 rings (SSSR count). The Morgan fingerprint density at radius 3 is 2.10 bits per heavy atom. The minimum Gasteiger partial charge on any atom is -0.466 e. The van der Waals surface area contributed by atoms with Crippen LogP contribution in [0.25, 0.3) is 11.0 Å². The van der Waals surface area contributed by atoms with Crippen molar-refractivity contribution in [1.29, 1.82) is 0 Å². The maximum atomic E-state index is 13.3. The van der Waals surface area contributed by atoms with Crippen molar-refractivity contribution in [2.75, 3.05) is 26.6 Å². The first kappa shape index (κ1) is 30.3. The molecule has 0 amide bonds. The first-order valence-corrected chi connectivity index (χ1v) is 14.9. The molecule has 0 radical (unpaired) electrons. The molecule has 1 aliphatic heterocycles. The minimum absolute atomic E-state index is 0.234. The summed E-state index contributed by atoms with van der Waals surface area (Å²) >= 11 is 0. The zero-order valence-electron chi connectivity index (χ0n) is 22.9. The summed E-state index contributed by atoms with van der Waals surface area (Å²) in [5.74, 6) is -1.83. The quantitative estimate of drug-likeness (QED) is 0.188. The molecule has 0 saturated carbocycles. The number of benzene rings is 1. The number of nitrogens with zero attached hydrogens (tertiary/aromatic N) is 2. The van der Waals surface area contributed by atoms with E-state index >= 15 is 0 Å². The van der Waals surface area contributed by atoms with Gasteiger partial charge in [0.15, 0.2) is 0 Å². The largest absolute Gasteiger partial charge is 0.466 e. The topological polar surface area (TPSA) is 147 Å². The predicted molar refractivity (Wildman–Crippen MR) is 144 cm³/mol. The molecule has 214 valence electrons. The lowest BCUT2D eigenvalue weighted by Crippen LogP contribution is -2.32. The van der Waals surface area contributed by atoms with Crippen LogP contribution < -0.4 is 5.32 Å². The first-order valence-electron chi connectivity index (χ1n) is 13.1. The number of allylic oxidation sites excluding steroid dienone is 2. The van der Waals surface area contributed by atoms with E-state index in [1.54, 1.807) is 32.0 Å². The van der Waals surface area contributed by atoms with Gasteiger partial charge >= 0.3 is 11.9 Å². The molecule has 0 unspecified atom stereocenters. The highest BCUT2D eigenvalue weighted by molar-refractivity contribution is 7.85. The molecular weight excluding hydrogens is 526 g/mol. The van der Waals surface area contributed by atoms with E-state index in [4.69, 9.17) is 18.3 Å². The van der Waals surface area contributed by atoms with Gasteiger partial charge in [-0.05, 0) is 48.6 Å². The molecule has 39 heavy (non-hydrogen) atoms. The fourth-order valence-electron chi connectivity index (χ4n) is 4.73. The number of carbonyl (C=O) groups is 2. The summed E-state index contributed by atoms with van der Waals surface area (Å²) in [6.07, 6.45) is 8.49. The Morgan fingerprint density at radius 1 is 0.897 bits per heavy atom. The standard InChI is InChI=1S/C27H37N3O8S/c1-18-22(26(31)35-3)24(20-14-13-15-21-25(20)30-38-29-21)23(19(2)28-18)27(32)36-16-11-9-7-5-6-8-10-12-17-37-39(4,33)34/h13-15,24,28H,5-12,16-17H2,1-4H3/t24-/m1/s1. The third-order valence-electron chi connectivity index (χ3n) is 6.58. The third-order valence-corrected chi connectivity index (χ3v) is 7.18. The van der Waals surface area contributed by atoms with Crippen molar-refractivity contribution in [3.05, 3.63) is 46.3 Å². The van der Waals surface area contributed by atoms with E-state index in [0.717, 1.165) is 57.6 Å². The van der Waals surface area contributed by atoms with Crippen LogP contribution in [0, 0.1) is 0 Å². The van der Waals surface area contributed by atoms with Crippen molar-refractivity contribution in [1.82, 2.24) is 15.6 Å². The van der Waals surface area contributed by atoms with E-state index in [1.165, 1.54) is 7.11 Å². The highest BCUT2D eigenvalue weighted by atomic mass is 32.2. The van der Waals surface area contributed by atoms with Crippen LogP contribution in [0.5, 0.6) is 0 Å². The number of esters is 2. The number of rotatable bonds is 15. The molecule has 0 aliphatic carbocycles. The lowest BCUT2D eigenvalue weighted by Gasteiger charge is -2.30. The average molecular weight is 564 g/mol. The number of fused-ring (bicyclic) bond motifs is 1. The van der Waals surface area contributed by atoms with Gasteiger partial charge in [0.1, 0.15) is 11.0 Å². The van der Waals surface area contributed by atoms with E-state index in [1.807, 2.05) is 0 Å². The summed E-state index contributed by atoms with van der Waals surface area (Å²) in [4.78, 5) is 26.2. The van der Waals surface area contributed by atoms with E-state index in [9.17, 15) is 18.0 Å². The van der Waals surface area contributed by atoms with Crippen molar-refractivity contribution in [3.8, 4) is 0 Å². The number of aromatic nitrogens is 2. The fraction of sp³-hybridized carbons (Fsp3) is 0.556. The van der Waals surface area contributed by atoms with Crippen LogP contribution in [-0.4, -0.2) is 57.2 Å². The molecule has 12 heteroatoms. The Kier molecular flexibility index (Phi) is 11.0. The monoisotopic (exact) mass is 563 g/mol. The molecule has 1 N–H and O–H groups in total. The van der Waals surface area contributed by atoms with Crippen LogP contribution in [0.1, 0.15) is 76.7 Å². The van der Waals surface area contributed by atoms with Crippen molar-refractivity contribution >= 4 is 33.1 Å². The second kappa shape index (κ2) is 14.2. The Morgan fingerprint density at radius 2 is 1.49 bits per heavy atom. The maximum absolute atomic E-state index is 13.3. The molecule has 0 spiro atoms. The Hall–Kier alpha value is -3.25. The number of unbranched alkanes of at least 4 members (excludes halogenated alkanes) is 7. The SMILES string of the molecule is COC(=O)C1=C(C)NC(C)=C(C(=O)OCCCCCCCCCCOS(C)(=O)=O)[C@@H]1c1cccc2nonc12. The number of nitrogens with one attached hydrogen (secondary N) is 1. The predicted octanol–water partition coefficient (Wildman–Crippen LogP) is 4.27. The smallest absolute Gasteiger partial charge is 0.336 e. The lowest BCUT2D eigenvalue weighted by molar-refractivity contribution is -0.139. The molecule has 2 heterocycles. The number of hydrogen-bond acceptors (Lipinski definition) is 11. The Bertz CT molecular complexity index is 1330. The molecule has 1 aromatic heterocycles. The number of hydrogen-bond donors (Lipinski definition) is 1. The van der Waals surface area contributed by atoms with Gasteiger partial charge < -0.3 is 14.8 Å². The Labute approximate surface area is 229 Å². The number of carbonyl (C=O) groups excluding carboxylic acids is 2. The van der Waals surface area contributed by atoms with E-state index in [-0.39, 0.29) is 13.2 Å². The van der Waals surface area contributed by atoms with Gasteiger partial charge in [0, 0.05) is 11.4 Å². The molecule has 1 aromatic carbocycles. The normalized spacial score (nSPS) is 15.9. The number of methoxy groups -OCH3 is 1. The van der Waals surface area contributed by atoms with Gasteiger partial charge in [0.25, 0.3) is 10.1 Å². The zero-order chi connectivity index (χ0) is 28.4. The van der Waals surface area contributed by atoms with E-state index < -0.39 is 28.0 Å². The van der Waals surface area contributed by atoms with Gasteiger partial charge in [0.2, 0.25) is 0 Å². The fourth-order valence-corrected chi connectivity index (χ4v) is 5.15. The molecule has 0 fully saturated rings. The molecule has 1 aliphatic rings. The summed E-state index contributed by atoms with van der Waals surface area (Å²) in [6.45, 7) is 4.03. The molecule has 11 nitrogen and oxygen atoms in total. The summed E-state index contributed by atoms with van der Waals surface area (Å²) < 4.78 is 42.2. The van der Waals surface area contributed by atoms with Crippen molar-refractivity contribution in [3.63, 3.8) is 0 Å². The minimum atomic E-state index is -3.36. The number of ether oxygens (including phenoxy) is 2. The second-order valence-corrected chi connectivity index (χ2v) is 11.2. The summed E-state index contributed by atoms with van der Waals surface area (Å²) in [5, 5.41) is 11.0. The van der Waals surface area contributed by atoms with Crippen molar-refractivity contribution in [2.24, 2.45) is 0 Å². The average Bonchev–Trinajstić information content (AvgIpc) is 3.37. The summed E-state index contributed by atoms with van der Waals surface area (Å²) in [7, 11) is -2.06. The van der Waals surface area contributed by atoms with Gasteiger partial charge in [-0.3, -0.25) is 4.18 Å². The summed E-state index contributed by atoms with van der Waals surface area (Å²) in [5.41, 5.74) is 3.36. The van der Waals surface area contributed by atoms with Crippen LogP contribution in [0.3, 0.4) is 0 Å². The van der Waals surface area contributed by atoms with Gasteiger partial charge in [0.05, 0.1) is 43.6 Å².